The number of benzene rings is 1. The van der Waals surface area contributed by atoms with Crippen LogP contribution in [0, 0.1) is 11.7 Å². The van der Waals surface area contributed by atoms with Gasteiger partial charge in [0.05, 0.1) is 0 Å². The topological polar surface area (TPSA) is 38.0 Å². The SMILES string of the molecule is Cl.Cl.NC(CCNCC1CCCCC1)c1ccc(F)cc1. The van der Waals surface area contributed by atoms with E-state index in [9.17, 15) is 4.39 Å². The average molecular weight is 337 g/mol. The molecule has 1 saturated carbocycles. The highest BCUT2D eigenvalue weighted by atomic mass is 35.5. The van der Waals surface area contributed by atoms with E-state index in [2.05, 4.69) is 5.32 Å². The number of hydrogen-bond donors (Lipinski definition) is 2. The first-order valence-corrected chi connectivity index (χ1v) is 7.47. The predicted octanol–water partition coefficient (Wildman–Crippen LogP) is 4.23. The maximum atomic E-state index is 12.8. The van der Waals surface area contributed by atoms with Gasteiger partial charge in [0.1, 0.15) is 5.82 Å². The van der Waals surface area contributed by atoms with Gasteiger partial charge >= 0.3 is 0 Å². The minimum Gasteiger partial charge on any atom is -0.324 e. The number of halogens is 3. The standard InChI is InChI=1S/C16H25FN2.2ClH/c17-15-8-6-14(7-9-15)16(18)10-11-19-12-13-4-2-1-3-5-13;;/h6-9,13,16,19H,1-5,10-12,18H2;2*1H. The molecule has 122 valence electrons. The van der Waals surface area contributed by atoms with Crippen molar-refractivity contribution in [3.05, 3.63) is 35.6 Å². The zero-order chi connectivity index (χ0) is 13.5. The van der Waals surface area contributed by atoms with Crippen molar-refractivity contribution in [1.29, 1.82) is 0 Å². The van der Waals surface area contributed by atoms with Gasteiger partial charge in [-0.1, -0.05) is 31.4 Å². The minimum atomic E-state index is -0.202. The molecule has 0 bridgehead atoms. The van der Waals surface area contributed by atoms with Crippen molar-refractivity contribution in [3.63, 3.8) is 0 Å². The normalized spacial score (nSPS) is 16.7. The summed E-state index contributed by atoms with van der Waals surface area (Å²) in [4.78, 5) is 0. The molecule has 0 aromatic heterocycles. The first-order valence-electron chi connectivity index (χ1n) is 7.47. The fraction of sp³-hybridized carbons (Fsp3) is 0.625. The van der Waals surface area contributed by atoms with E-state index < -0.39 is 0 Å². The highest BCUT2D eigenvalue weighted by Gasteiger charge is 2.12. The molecule has 0 spiro atoms. The van der Waals surface area contributed by atoms with Crippen molar-refractivity contribution < 1.29 is 4.39 Å². The molecule has 5 heteroatoms. The lowest BCUT2D eigenvalue weighted by Gasteiger charge is -2.22. The number of rotatable bonds is 6. The molecule has 0 aliphatic heterocycles. The van der Waals surface area contributed by atoms with Crippen molar-refractivity contribution in [2.75, 3.05) is 13.1 Å². The summed E-state index contributed by atoms with van der Waals surface area (Å²) in [6.45, 7) is 2.06. The summed E-state index contributed by atoms with van der Waals surface area (Å²) in [5, 5.41) is 3.51. The van der Waals surface area contributed by atoms with E-state index in [4.69, 9.17) is 5.73 Å². The molecule has 1 fully saturated rings. The Morgan fingerprint density at radius 2 is 1.71 bits per heavy atom. The summed E-state index contributed by atoms with van der Waals surface area (Å²) >= 11 is 0. The average Bonchev–Trinajstić information content (AvgIpc) is 2.45. The van der Waals surface area contributed by atoms with Crippen LogP contribution < -0.4 is 11.1 Å². The molecule has 0 radical (unpaired) electrons. The lowest BCUT2D eigenvalue weighted by Crippen LogP contribution is -2.27. The number of nitrogens with two attached hydrogens (primary N) is 1. The van der Waals surface area contributed by atoms with Crippen LogP contribution in [0.25, 0.3) is 0 Å². The van der Waals surface area contributed by atoms with Crippen molar-refractivity contribution >= 4 is 24.8 Å². The van der Waals surface area contributed by atoms with Gasteiger partial charge in [-0.15, -0.1) is 24.8 Å². The molecule has 2 nitrogen and oxygen atoms in total. The van der Waals surface area contributed by atoms with Gasteiger partial charge in [-0.25, -0.2) is 4.39 Å². The molecule has 1 aliphatic rings. The molecule has 1 atom stereocenters. The highest BCUT2D eigenvalue weighted by molar-refractivity contribution is 5.85. The second kappa shape index (κ2) is 11.2. The summed E-state index contributed by atoms with van der Waals surface area (Å²) in [6.07, 6.45) is 7.83. The van der Waals surface area contributed by atoms with E-state index in [0.29, 0.717) is 0 Å². The van der Waals surface area contributed by atoms with Gasteiger partial charge in [0, 0.05) is 6.04 Å². The molecule has 1 unspecified atom stereocenters. The Hall–Kier alpha value is -0.350. The number of nitrogens with one attached hydrogen (secondary N) is 1. The summed E-state index contributed by atoms with van der Waals surface area (Å²) < 4.78 is 12.8. The third-order valence-corrected chi connectivity index (χ3v) is 4.09. The summed E-state index contributed by atoms with van der Waals surface area (Å²) in [5.41, 5.74) is 7.12. The van der Waals surface area contributed by atoms with Crippen LogP contribution >= 0.6 is 24.8 Å². The fourth-order valence-electron chi connectivity index (χ4n) is 2.83. The Morgan fingerprint density at radius 1 is 1.10 bits per heavy atom. The van der Waals surface area contributed by atoms with E-state index in [1.165, 1.54) is 44.2 Å². The largest absolute Gasteiger partial charge is 0.324 e. The fourth-order valence-corrected chi connectivity index (χ4v) is 2.83. The third-order valence-electron chi connectivity index (χ3n) is 4.09. The van der Waals surface area contributed by atoms with Crippen LogP contribution in [0.15, 0.2) is 24.3 Å². The summed E-state index contributed by atoms with van der Waals surface area (Å²) in [6, 6.07) is 6.51. The van der Waals surface area contributed by atoms with Gasteiger partial charge < -0.3 is 11.1 Å². The molecular weight excluding hydrogens is 310 g/mol. The van der Waals surface area contributed by atoms with Crippen molar-refractivity contribution in [2.45, 2.75) is 44.6 Å². The highest BCUT2D eigenvalue weighted by Crippen LogP contribution is 2.22. The van der Waals surface area contributed by atoms with Gasteiger partial charge in [0.25, 0.3) is 0 Å². The zero-order valence-corrected chi connectivity index (χ0v) is 14.0. The maximum absolute atomic E-state index is 12.8. The predicted molar refractivity (Wildman–Crippen MR) is 91.9 cm³/mol. The monoisotopic (exact) mass is 336 g/mol. The Kier molecular flexibility index (Phi) is 11.1. The molecule has 0 saturated heterocycles. The Labute approximate surface area is 139 Å². The maximum Gasteiger partial charge on any atom is 0.123 e. The smallest absolute Gasteiger partial charge is 0.123 e. The van der Waals surface area contributed by atoms with Gasteiger partial charge in [0.2, 0.25) is 0 Å². The summed E-state index contributed by atoms with van der Waals surface area (Å²) in [5.74, 6) is 0.655. The lowest BCUT2D eigenvalue weighted by atomic mass is 9.89. The summed E-state index contributed by atoms with van der Waals surface area (Å²) in [7, 11) is 0. The quantitative estimate of drug-likeness (QED) is 0.763. The molecule has 3 N–H and O–H groups in total. The molecule has 0 amide bonds. The van der Waals surface area contributed by atoms with Crippen molar-refractivity contribution in [2.24, 2.45) is 11.7 Å². The van der Waals surface area contributed by atoms with E-state index in [1.807, 2.05) is 0 Å². The first kappa shape index (κ1) is 20.6. The molecular formula is C16H27Cl2FN2. The molecule has 1 aromatic rings. The third kappa shape index (κ3) is 7.46. The first-order chi connectivity index (χ1) is 9.25. The van der Waals surface area contributed by atoms with Crippen LogP contribution in [-0.4, -0.2) is 13.1 Å². The van der Waals surface area contributed by atoms with E-state index in [0.717, 1.165) is 31.0 Å². The van der Waals surface area contributed by atoms with Crippen LogP contribution in [0.2, 0.25) is 0 Å². The molecule has 1 aromatic carbocycles. The van der Waals surface area contributed by atoms with Crippen LogP contribution in [0.4, 0.5) is 4.39 Å². The Bertz CT molecular complexity index is 367. The number of hydrogen-bond acceptors (Lipinski definition) is 2. The van der Waals surface area contributed by atoms with Crippen molar-refractivity contribution in [3.8, 4) is 0 Å². The van der Waals surface area contributed by atoms with Gasteiger partial charge in [-0.05, 0) is 56.0 Å². The van der Waals surface area contributed by atoms with Crippen LogP contribution in [-0.2, 0) is 0 Å². The second-order valence-electron chi connectivity index (χ2n) is 5.65. The lowest BCUT2D eigenvalue weighted by molar-refractivity contribution is 0.340. The molecule has 21 heavy (non-hydrogen) atoms. The molecule has 2 rings (SSSR count). The van der Waals surface area contributed by atoms with Gasteiger partial charge in [0.15, 0.2) is 0 Å². The van der Waals surface area contributed by atoms with Crippen LogP contribution in [0.5, 0.6) is 0 Å². The molecule has 0 heterocycles. The zero-order valence-electron chi connectivity index (χ0n) is 12.4. The van der Waals surface area contributed by atoms with E-state index >= 15 is 0 Å². The van der Waals surface area contributed by atoms with Crippen molar-refractivity contribution in [1.82, 2.24) is 5.32 Å². The van der Waals surface area contributed by atoms with Crippen LogP contribution in [0.3, 0.4) is 0 Å². The Balaban J connectivity index is 0.00000200. The van der Waals surface area contributed by atoms with Crippen LogP contribution in [0.1, 0.15) is 50.1 Å². The van der Waals surface area contributed by atoms with Gasteiger partial charge in [-0.2, -0.15) is 0 Å². The van der Waals surface area contributed by atoms with Gasteiger partial charge in [-0.3, -0.25) is 0 Å². The second-order valence-corrected chi connectivity index (χ2v) is 5.65. The molecule has 1 aliphatic carbocycles. The Morgan fingerprint density at radius 3 is 2.33 bits per heavy atom. The minimum absolute atomic E-state index is 0. The van der Waals surface area contributed by atoms with E-state index in [1.54, 1.807) is 12.1 Å². The van der Waals surface area contributed by atoms with E-state index in [-0.39, 0.29) is 36.7 Å².